The fourth-order valence-corrected chi connectivity index (χ4v) is 4.87. The third kappa shape index (κ3) is 3.05. The van der Waals surface area contributed by atoms with Crippen molar-refractivity contribution in [2.24, 2.45) is 5.92 Å². The maximum atomic E-state index is 3.90. The van der Waals surface area contributed by atoms with Crippen LogP contribution in [-0.4, -0.2) is 47.6 Å². The van der Waals surface area contributed by atoms with E-state index in [-0.39, 0.29) is 0 Å². The van der Waals surface area contributed by atoms with Gasteiger partial charge in [0.2, 0.25) is 0 Å². The van der Waals surface area contributed by atoms with Gasteiger partial charge in [-0.2, -0.15) is 11.8 Å². The molecule has 0 aromatic rings. The fraction of sp³-hybridized carbons (Fsp3) is 1.00. The molecule has 0 aromatic carbocycles. The molecule has 2 heterocycles. The maximum absolute atomic E-state index is 3.90. The molecule has 3 unspecified atom stereocenters. The molecular weight excluding hydrogens is 240 g/mol. The van der Waals surface area contributed by atoms with E-state index in [0.717, 1.165) is 24.0 Å². The third-order valence-electron chi connectivity index (χ3n) is 5.22. The smallest absolute Gasteiger partial charge is 0.0168 e. The molecule has 0 radical (unpaired) electrons. The molecule has 3 rings (SSSR count). The summed E-state index contributed by atoms with van der Waals surface area (Å²) in [5.74, 6) is 3.59. The van der Waals surface area contributed by atoms with Crippen molar-refractivity contribution in [3.05, 3.63) is 0 Å². The van der Waals surface area contributed by atoms with Crippen LogP contribution in [-0.2, 0) is 0 Å². The summed E-state index contributed by atoms with van der Waals surface area (Å²) in [4.78, 5) is 2.79. The average Bonchev–Trinajstić information content (AvgIpc) is 2.80. The van der Waals surface area contributed by atoms with Gasteiger partial charge in [-0.15, -0.1) is 0 Å². The first-order chi connectivity index (χ1) is 8.83. The van der Waals surface area contributed by atoms with Crippen molar-refractivity contribution in [1.82, 2.24) is 10.2 Å². The monoisotopic (exact) mass is 268 g/mol. The van der Waals surface area contributed by atoms with E-state index in [9.17, 15) is 0 Å². The molecule has 0 amide bonds. The zero-order valence-corrected chi connectivity index (χ0v) is 12.6. The molecule has 3 heteroatoms. The molecular formula is C15H28N2S. The lowest BCUT2D eigenvalue weighted by Gasteiger charge is -2.44. The van der Waals surface area contributed by atoms with Crippen LogP contribution in [0.15, 0.2) is 0 Å². The number of hydrogen-bond donors (Lipinski definition) is 1. The van der Waals surface area contributed by atoms with E-state index in [0.29, 0.717) is 0 Å². The second-order valence-electron chi connectivity index (χ2n) is 6.50. The highest BCUT2D eigenvalue weighted by Crippen LogP contribution is 2.30. The van der Waals surface area contributed by atoms with E-state index in [2.05, 4.69) is 28.9 Å². The molecule has 1 saturated carbocycles. The van der Waals surface area contributed by atoms with Gasteiger partial charge in [0.1, 0.15) is 0 Å². The quantitative estimate of drug-likeness (QED) is 0.844. The summed E-state index contributed by atoms with van der Waals surface area (Å²) >= 11 is 2.12. The second kappa shape index (κ2) is 6.15. The van der Waals surface area contributed by atoms with Crippen LogP contribution in [0.1, 0.15) is 45.4 Å². The standard InChI is InChI=1S/C15H28N2S/c1-12(16-14-7-9-18-11-14)13-4-3-8-17(10-13)15-5-2-6-15/h12-16H,2-11H2,1H3. The number of likely N-dealkylation sites (tertiary alicyclic amines) is 1. The van der Waals surface area contributed by atoms with Gasteiger partial charge >= 0.3 is 0 Å². The Hall–Kier alpha value is 0.270. The van der Waals surface area contributed by atoms with Gasteiger partial charge < -0.3 is 10.2 Å². The Kier molecular flexibility index (Phi) is 4.53. The molecule has 3 atom stereocenters. The van der Waals surface area contributed by atoms with Crippen molar-refractivity contribution in [2.45, 2.75) is 63.6 Å². The van der Waals surface area contributed by atoms with Gasteiger partial charge in [0.05, 0.1) is 0 Å². The number of hydrogen-bond acceptors (Lipinski definition) is 3. The molecule has 0 aromatic heterocycles. The minimum absolute atomic E-state index is 0.719. The number of thioether (sulfide) groups is 1. The summed E-state index contributed by atoms with van der Waals surface area (Å²) in [6.45, 7) is 5.16. The summed E-state index contributed by atoms with van der Waals surface area (Å²) in [7, 11) is 0. The van der Waals surface area contributed by atoms with Crippen LogP contribution in [0.3, 0.4) is 0 Å². The van der Waals surface area contributed by atoms with Crippen molar-refractivity contribution in [2.75, 3.05) is 24.6 Å². The zero-order valence-electron chi connectivity index (χ0n) is 11.7. The molecule has 1 aliphatic carbocycles. The number of rotatable bonds is 4. The fourth-order valence-electron chi connectivity index (χ4n) is 3.71. The topological polar surface area (TPSA) is 15.3 Å². The van der Waals surface area contributed by atoms with E-state index < -0.39 is 0 Å². The predicted octanol–water partition coefficient (Wildman–Crippen LogP) is 2.73. The summed E-state index contributed by atoms with van der Waals surface area (Å²) in [6, 6.07) is 2.46. The van der Waals surface area contributed by atoms with Crippen LogP contribution >= 0.6 is 11.8 Å². The number of piperidine rings is 1. The van der Waals surface area contributed by atoms with Crippen LogP contribution in [0, 0.1) is 5.92 Å². The first-order valence-corrected chi connectivity index (χ1v) is 9.06. The van der Waals surface area contributed by atoms with Crippen LogP contribution in [0.2, 0.25) is 0 Å². The Labute approximate surface area is 116 Å². The molecule has 2 aliphatic heterocycles. The average molecular weight is 268 g/mol. The highest BCUT2D eigenvalue weighted by molar-refractivity contribution is 7.99. The Bertz CT molecular complexity index is 261. The van der Waals surface area contributed by atoms with E-state index in [4.69, 9.17) is 0 Å². The normalized spacial score (nSPS) is 36.5. The lowest BCUT2D eigenvalue weighted by molar-refractivity contribution is 0.0656. The van der Waals surface area contributed by atoms with Crippen LogP contribution < -0.4 is 5.32 Å². The Morgan fingerprint density at radius 3 is 2.72 bits per heavy atom. The van der Waals surface area contributed by atoms with Gasteiger partial charge in [0.15, 0.2) is 0 Å². The van der Waals surface area contributed by atoms with Crippen LogP contribution in [0.5, 0.6) is 0 Å². The van der Waals surface area contributed by atoms with Gasteiger partial charge in [-0.3, -0.25) is 0 Å². The highest BCUT2D eigenvalue weighted by Gasteiger charge is 2.32. The van der Waals surface area contributed by atoms with Gasteiger partial charge in [0, 0.05) is 30.4 Å². The van der Waals surface area contributed by atoms with Crippen molar-refractivity contribution in [1.29, 1.82) is 0 Å². The molecule has 0 spiro atoms. The molecule has 0 bridgehead atoms. The van der Waals surface area contributed by atoms with E-state index in [1.54, 1.807) is 0 Å². The first kappa shape index (κ1) is 13.3. The largest absolute Gasteiger partial charge is 0.310 e. The Morgan fingerprint density at radius 2 is 2.06 bits per heavy atom. The van der Waals surface area contributed by atoms with E-state index in [1.807, 2.05) is 0 Å². The molecule has 18 heavy (non-hydrogen) atoms. The van der Waals surface area contributed by atoms with Gasteiger partial charge in [-0.1, -0.05) is 6.42 Å². The van der Waals surface area contributed by atoms with Crippen molar-refractivity contribution >= 4 is 11.8 Å². The van der Waals surface area contributed by atoms with Gasteiger partial charge in [-0.25, -0.2) is 0 Å². The summed E-state index contributed by atoms with van der Waals surface area (Å²) < 4.78 is 0. The van der Waals surface area contributed by atoms with E-state index >= 15 is 0 Å². The second-order valence-corrected chi connectivity index (χ2v) is 7.65. The van der Waals surface area contributed by atoms with Crippen molar-refractivity contribution in [3.63, 3.8) is 0 Å². The van der Waals surface area contributed by atoms with Gasteiger partial charge in [0.25, 0.3) is 0 Å². The lowest BCUT2D eigenvalue weighted by atomic mass is 9.85. The molecule has 1 N–H and O–H groups in total. The van der Waals surface area contributed by atoms with Crippen molar-refractivity contribution < 1.29 is 0 Å². The lowest BCUT2D eigenvalue weighted by Crippen LogP contribution is -2.51. The van der Waals surface area contributed by atoms with E-state index in [1.165, 1.54) is 63.1 Å². The predicted molar refractivity (Wildman–Crippen MR) is 80.3 cm³/mol. The summed E-state index contributed by atoms with van der Waals surface area (Å²) in [5.41, 5.74) is 0. The van der Waals surface area contributed by atoms with Crippen molar-refractivity contribution in [3.8, 4) is 0 Å². The minimum atomic E-state index is 0.719. The Morgan fingerprint density at radius 1 is 1.17 bits per heavy atom. The van der Waals surface area contributed by atoms with Crippen LogP contribution in [0.25, 0.3) is 0 Å². The first-order valence-electron chi connectivity index (χ1n) is 7.91. The number of nitrogens with zero attached hydrogens (tertiary/aromatic N) is 1. The zero-order chi connectivity index (χ0) is 12.4. The SMILES string of the molecule is CC(NC1CCSC1)C1CCCN(C2CCC2)C1. The molecule has 3 fully saturated rings. The molecule has 2 nitrogen and oxygen atoms in total. The Balaban J connectivity index is 1.47. The molecule has 3 aliphatic rings. The summed E-state index contributed by atoms with van der Waals surface area (Å²) in [6.07, 6.45) is 8.65. The summed E-state index contributed by atoms with van der Waals surface area (Å²) in [5, 5.41) is 3.90. The number of nitrogens with one attached hydrogen (secondary N) is 1. The van der Waals surface area contributed by atoms with Gasteiger partial charge in [-0.05, 0) is 57.2 Å². The molecule has 104 valence electrons. The minimum Gasteiger partial charge on any atom is -0.310 e. The van der Waals surface area contributed by atoms with Crippen LogP contribution in [0.4, 0.5) is 0 Å². The maximum Gasteiger partial charge on any atom is 0.0168 e. The molecule has 2 saturated heterocycles. The highest BCUT2D eigenvalue weighted by atomic mass is 32.2. The third-order valence-corrected chi connectivity index (χ3v) is 6.38.